The minimum absolute atomic E-state index is 0.158. The van der Waals surface area contributed by atoms with E-state index < -0.39 is 15.2 Å². The van der Waals surface area contributed by atoms with Crippen LogP contribution < -0.4 is 0 Å². The van der Waals surface area contributed by atoms with Crippen molar-refractivity contribution in [2.75, 3.05) is 19.8 Å². The lowest BCUT2D eigenvalue weighted by atomic mass is 10.1. The van der Waals surface area contributed by atoms with Gasteiger partial charge in [0.05, 0.1) is 19.8 Å². The molecule has 0 atom stereocenters. The van der Waals surface area contributed by atoms with Crippen molar-refractivity contribution >= 4 is 10.1 Å². The first kappa shape index (κ1) is 26.3. The van der Waals surface area contributed by atoms with Gasteiger partial charge in [0.1, 0.15) is 0 Å². The van der Waals surface area contributed by atoms with E-state index in [9.17, 15) is 8.42 Å². The number of hydrogen-bond acceptors (Lipinski definition) is 6. The van der Waals surface area contributed by atoms with Gasteiger partial charge >= 0.3 is 10.1 Å². The zero-order valence-corrected chi connectivity index (χ0v) is 18.0. The summed E-state index contributed by atoms with van der Waals surface area (Å²) in [6.07, 6.45) is 11.9. The maximum Gasteiger partial charge on any atom is 0.331 e. The standard InChI is InChI=1S/C19H38O7S/c1-4-5-6-7-8-9-10-11-15-23-24-16-12-13-19(27(20,21)22)26-25-17-14-18(2)3/h13,18H,4-12,14-17H2,1-3H3,(H,20,21,22)/b19-13-. The van der Waals surface area contributed by atoms with Gasteiger partial charge < -0.3 is 4.89 Å². The van der Waals surface area contributed by atoms with E-state index in [0.717, 1.165) is 12.8 Å². The molecule has 0 aromatic rings. The molecule has 0 bridgehead atoms. The molecule has 0 amide bonds. The third-order valence-corrected chi connectivity index (χ3v) is 4.59. The molecule has 0 aliphatic heterocycles. The van der Waals surface area contributed by atoms with E-state index in [-0.39, 0.29) is 19.6 Å². The number of unbranched alkanes of at least 4 members (excludes halogenated alkanes) is 7. The zero-order chi connectivity index (χ0) is 20.4. The zero-order valence-electron chi connectivity index (χ0n) is 17.2. The summed E-state index contributed by atoms with van der Waals surface area (Å²) in [5.74, 6) is 0.401. The van der Waals surface area contributed by atoms with Crippen LogP contribution >= 0.6 is 0 Å². The average Bonchev–Trinajstić information content (AvgIpc) is 2.59. The van der Waals surface area contributed by atoms with Gasteiger partial charge in [-0.1, -0.05) is 65.7 Å². The van der Waals surface area contributed by atoms with Gasteiger partial charge in [-0.3, -0.25) is 4.55 Å². The molecule has 0 saturated heterocycles. The molecule has 0 rings (SSSR count). The highest BCUT2D eigenvalue weighted by Gasteiger charge is 2.17. The molecular formula is C19H38O7S. The molecule has 162 valence electrons. The van der Waals surface area contributed by atoms with Crippen LogP contribution in [0.2, 0.25) is 0 Å². The largest absolute Gasteiger partial charge is 0.331 e. The first-order valence-corrected chi connectivity index (χ1v) is 11.5. The summed E-state index contributed by atoms with van der Waals surface area (Å²) >= 11 is 0. The number of hydrogen-bond donors (Lipinski definition) is 1. The summed E-state index contributed by atoms with van der Waals surface area (Å²) in [5, 5.41) is -0.627. The van der Waals surface area contributed by atoms with Crippen molar-refractivity contribution in [2.45, 2.75) is 85.0 Å². The van der Waals surface area contributed by atoms with Crippen LogP contribution in [0, 0.1) is 5.92 Å². The van der Waals surface area contributed by atoms with E-state index in [2.05, 4.69) is 6.92 Å². The van der Waals surface area contributed by atoms with Gasteiger partial charge in [-0.2, -0.15) is 13.3 Å². The monoisotopic (exact) mass is 410 g/mol. The van der Waals surface area contributed by atoms with Gasteiger partial charge in [-0.05, 0) is 31.3 Å². The molecule has 0 aliphatic carbocycles. The normalized spacial score (nSPS) is 12.7. The van der Waals surface area contributed by atoms with Crippen molar-refractivity contribution in [1.82, 2.24) is 0 Å². The van der Waals surface area contributed by atoms with Crippen LogP contribution in [-0.4, -0.2) is 32.8 Å². The third-order valence-electron chi connectivity index (χ3n) is 3.85. The van der Waals surface area contributed by atoms with Crippen molar-refractivity contribution in [1.29, 1.82) is 0 Å². The molecule has 27 heavy (non-hydrogen) atoms. The summed E-state index contributed by atoms with van der Waals surface area (Å²) in [5.41, 5.74) is 0. The topological polar surface area (TPSA) is 91.3 Å². The first-order valence-electron chi connectivity index (χ1n) is 10.1. The Hall–Kier alpha value is -0.670. The fraction of sp³-hybridized carbons (Fsp3) is 0.895. The fourth-order valence-electron chi connectivity index (χ4n) is 2.20. The van der Waals surface area contributed by atoms with E-state index >= 15 is 0 Å². The van der Waals surface area contributed by atoms with E-state index in [1.807, 2.05) is 13.8 Å². The summed E-state index contributed by atoms with van der Waals surface area (Å²) < 4.78 is 31.5. The van der Waals surface area contributed by atoms with Crippen LogP contribution in [0.4, 0.5) is 0 Å². The summed E-state index contributed by atoms with van der Waals surface area (Å²) in [7, 11) is -4.46. The Labute approximate surface area is 165 Å². The Morgan fingerprint density at radius 3 is 2.07 bits per heavy atom. The molecule has 0 aromatic heterocycles. The van der Waals surface area contributed by atoms with Crippen LogP contribution in [0.5, 0.6) is 0 Å². The maximum atomic E-state index is 11.2. The molecule has 0 unspecified atom stereocenters. The van der Waals surface area contributed by atoms with Crippen molar-refractivity contribution in [2.24, 2.45) is 5.92 Å². The van der Waals surface area contributed by atoms with Gasteiger partial charge in [-0.15, -0.1) is 0 Å². The lowest BCUT2D eigenvalue weighted by Gasteiger charge is -2.08. The minimum Gasteiger partial charge on any atom is -0.323 e. The van der Waals surface area contributed by atoms with Gasteiger partial charge in [0, 0.05) is 0 Å². The number of rotatable bonds is 19. The van der Waals surface area contributed by atoms with Crippen LogP contribution in [0.1, 0.15) is 85.0 Å². The predicted octanol–water partition coefficient (Wildman–Crippen LogP) is 5.19. The molecule has 0 radical (unpaired) electrons. The second-order valence-electron chi connectivity index (χ2n) is 6.99. The van der Waals surface area contributed by atoms with Crippen molar-refractivity contribution < 1.29 is 32.5 Å². The lowest BCUT2D eigenvalue weighted by molar-refractivity contribution is -0.294. The molecule has 0 heterocycles. The Balaban J connectivity index is 3.71. The first-order chi connectivity index (χ1) is 12.9. The van der Waals surface area contributed by atoms with E-state index in [0.29, 0.717) is 18.9 Å². The van der Waals surface area contributed by atoms with Crippen LogP contribution in [0.15, 0.2) is 11.2 Å². The Morgan fingerprint density at radius 1 is 0.889 bits per heavy atom. The SMILES string of the molecule is CCCCCCCCCCOOCC/C=C(/OOCCC(C)C)S(=O)(=O)O. The molecule has 1 N–H and O–H groups in total. The lowest BCUT2D eigenvalue weighted by Crippen LogP contribution is -2.09. The molecule has 0 spiro atoms. The molecule has 0 aliphatic rings. The quantitative estimate of drug-likeness (QED) is 0.103. The van der Waals surface area contributed by atoms with Crippen molar-refractivity contribution in [3.05, 3.63) is 11.2 Å². The van der Waals surface area contributed by atoms with Crippen LogP contribution in [-0.2, 0) is 29.7 Å². The summed E-state index contributed by atoms with van der Waals surface area (Å²) in [6, 6.07) is 0. The van der Waals surface area contributed by atoms with E-state index in [4.69, 9.17) is 24.1 Å². The smallest absolute Gasteiger partial charge is 0.323 e. The highest BCUT2D eigenvalue weighted by atomic mass is 32.2. The molecule has 0 fully saturated rings. The Morgan fingerprint density at radius 2 is 1.48 bits per heavy atom. The third kappa shape index (κ3) is 18.5. The second kappa shape index (κ2) is 17.4. The van der Waals surface area contributed by atoms with Gasteiger partial charge in [0.25, 0.3) is 5.09 Å². The highest BCUT2D eigenvalue weighted by molar-refractivity contribution is 7.89. The minimum atomic E-state index is -4.46. The van der Waals surface area contributed by atoms with Crippen molar-refractivity contribution in [3.63, 3.8) is 0 Å². The van der Waals surface area contributed by atoms with Gasteiger partial charge in [0.2, 0.25) is 0 Å². The van der Waals surface area contributed by atoms with Crippen LogP contribution in [0.25, 0.3) is 0 Å². The Bertz CT molecular complexity index is 461. The second-order valence-corrected chi connectivity index (χ2v) is 8.35. The molecule has 0 aromatic carbocycles. The molecule has 0 saturated carbocycles. The van der Waals surface area contributed by atoms with E-state index in [1.54, 1.807) is 0 Å². The predicted molar refractivity (Wildman–Crippen MR) is 105 cm³/mol. The van der Waals surface area contributed by atoms with E-state index in [1.165, 1.54) is 44.6 Å². The fourth-order valence-corrected chi connectivity index (χ4v) is 2.67. The van der Waals surface area contributed by atoms with Gasteiger partial charge in [-0.25, -0.2) is 9.78 Å². The maximum absolute atomic E-state index is 11.2. The van der Waals surface area contributed by atoms with Crippen LogP contribution in [0.3, 0.4) is 0 Å². The average molecular weight is 411 g/mol. The summed E-state index contributed by atoms with van der Waals surface area (Å²) in [4.78, 5) is 19.6. The molecule has 8 heteroatoms. The highest BCUT2D eigenvalue weighted by Crippen LogP contribution is 2.10. The Kier molecular flexibility index (Phi) is 17.0. The molecule has 7 nitrogen and oxygen atoms in total. The van der Waals surface area contributed by atoms with Gasteiger partial charge in [0.15, 0.2) is 0 Å². The molecular weight excluding hydrogens is 372 g/mol. The summed E-state index contributed by atoms with van der Waals surface area (Å²) in [6.45, 7) is 7.14. The van der Waals surface area contributed by atoms with Crippen molar-refractivity contribution in [3.8, 4) is 0 Å².